The maximum Gasteiger partial charge on any atom is 0.255 e. The number of aromatic nitrogens is 1. The Balaban J connectivity index is 1.49. The third-order valence-electron chi connectivity index (χ3n) is 6.76. The number of carbonyl (C=O) groups excluding carboxylic acids is 2. The van der Waals surface area contributed by atoms with Crippen molar-refractivity contribution in [3.05, 3.63) is 77.6 Å². The lowest BCUT2D eigenvalue weighted by molar-refractivity contribution is -0.132. The van der Waals surface area contributed by atoms with Gasteiger partial charge in [-0.2, -0.15) is 0 Å². The Morgan fingerprint density at radius 1 is 1.11 bits per heavy atom. The minimum absolute atomic E-state index is 0.0371. The van der Waals surface area contributed by atoms with Gasteiger partial charge in [-0.05, 0) is 68.1 Å². The third kappa shape index (κ3) is 6.86. The second-order valence-electron chi connectivity index (χ2n) is 9.47. The van der Waals surface area contributed by atoms with Crippen LogP contribution < -0.4 is 22.1 Å². The van der Waals surface area contributed by atoms with Gasteiger partial charge in [0.25, 0.3) is 5.91 Å². The summed E-state index contributed by atoms with van der Waals surface area (Å²) < 4.78 is 13.6. The fourth-order valence-corrected chi connectivity index (χ4v) is 4.75. The Bertz CT molecular complexity index is 1270. The van der Waals surface area contributed by atoms with E-state index >= 15 is 0 Å². The number of amides is 2. The van der Waals surface area contributed by atoms with Crippen LogP contribution in [0.4, 0.5) is 15.9 Å². The number of para-hydroxylation sites is 1. The number of hydrogen-bond donors (Lipinski definition) is 4. The molecule has 1 unspecified atom stereocenters. The lowest BCUT2D eigenvalue weighted by Crippen LogP contribution is -2.43. The summed E-state index contributed by atoms with van der Waals surface area (Å²) in [5.41, 5.74) is 14.9. The molecule has 0 radical (unpaired) electrons. The topological polar surface area (TPSA) is 126 Å². The number of halogens is 1. The Morgan fingerprint density at radius 2 is 1.95 bits per heavy atom. The molecule has 0 spiro atoms. The summed E-state index contributed by atoms with van der Waals surface area (Å²) in [6.45, 7) is 2.00. The lowest BCUT2D eigenvalue weighted by Gasteiger charge is -2.25. The highest BCUT2D eigenvalue weighted by atomic mass is 19.1. The fourth-order valence-electron chi connectivity index (χ4n) is 4.75. The van der Waals surface area contributed by atoms with Crippen molar-refractivity contribution < 1.29 is 14.0 Å². The summed E-state index contributed by atoms with van der Waals surface area (Å²) in [5.74, 6) is -0.0652. The van der Waals surface area contributed by atoms with Crippen molar-refractivity contribution in [1.82, 2.24) is 15.2 Å². The molecule has 0 bridgehead atoms. The first-order chi connectivity index (χ1) is 18.5. The van der Waals surface area contributed by atoms with Crippen molar-refractivity contribution in [2.24, 2.45) is 5.73 Å². The van der Waals surface area contributed by atoms with E-state index in [0.29, 0.717) is 68.2 Å². The molecule has 2 heterocycles. The van der Waals surface area contributed by atoms with Gasteiger partial charge in [0.2, 0.25) is 5.91 Å². The Labute approximate surface area is 222 Å². The Hall–Kier alpha value is -3.98. The van der Waals surface area contributed by atoms with Gasteiger partial charge in [-0.15, -0.1) is 0 Å². The zero-order valence-electron chi connectivity index (χ0n) is 21.5. The number of likely N-dealkylation sites (tertiary alicyclic amines) is 1. The number of rotatable bonds is 11. The molecule has 9 heteroatoms. The quantitative estimate of drug-likeness (QED) is 0.288. The number of carbonyl (C=O) groups is 2. The minimum Gasteiger partial charge on any atom is -0.398 e. The van der Waals surface area contributed by atoms with Gasteiger partial charge in [0, 0.05) is 43.3 Å². The molecule has 4 rings (SSSR count). The van der Waals surface area contributed by atoms with E-state index in [0.717, 1.165) is 24.0 Å². The molecule has 200 valence electrons. The van der Waals surface area contributed by atoms with Crippen molar-refractivity contribution in [2.75, 3.05) is 37.2 Å². The molecule has 2 amide bonds. The number of nitrogen functional groups attached to an aromatic ring is 1. The summed E-state index contributed by atoms with van der Waals surface area (Å²) in [6, 6.07) is 17.3. The molecular formula is C29H35FN6O2. The summed E-state index contributed by atoms with van der Waals surface area (Å²) in [7, 11) is 0. The molecule has 1 aromatic heterocycles. The molecule has 1 atom stereocenters. The number of nitrogens with two attached hydrogens (primary N) is 2. The molecule has 38 heavy (non-hydrogen) atoms. The predicted molar refractivity (Wildman–Crippen MR) is 148 cm³/mol. The van der Waals surface area contributed by atoms with Crippen molar-refractivity contribution in [3.8, 4) is 11.3 Å². The van der Waals surface area contributed by atoms with Gasteiger partial charge >= 0.3 is 0 Å². The maximum atomic E-state index is 13.6. The van der Waals surface area contributed by atoms with E-state index in [1.807, 2.05) is 29.2 Å². The van der Waals surface area contributed by atoms with E-state index < -0.39 is 0 Å². The van der Waals surface area contributed by atoms with Gasteiger partial charge in [0.05, 0.1) is 11.3 Å². The van der Waals surface area contributed by atoms with Crippen molar-refractivity contribution in [3.63, 3.8) is 0 Å². The summed E-state index contributed by atoms with van der Waals surface area (Å²) in [5, 5.41) is 6.25. The standard InChI is InChI=1S/C29H35FN6O2/c30-21-7-3-6-20(18-21)14-16-33-28-24(12-13-26(35-28)23-9-1-2-10-25(23)32)29(38)34-19-22-8-5-17-36(22)27(37)11-4-15-31/h1-3,6-7,9-10,12-13,18,22H,4-5,8,11,14-17,19,31-32H2,(H,33,35)(H,34,38). The average Bonchev–Trinajstić information content (AvgIpc) is 3.39. The van der Waals surface area contributed by atoms with Crippen LogP contribution in [0.1, 0.15) is 41.6 Å². The second kappa shape index (κ2) is 13.0. The van der Waals surface area contributed by atoms with Crippen LogP contribution in [0.15, 0.2) is 60.7 Å². The van der Waals surface area contributed by atoms with E-state index in [-0.39, 0.29) is 23.7 Å². The monoisotopic (exact) mass is 518 g/mol. The first-order valence-electron chi connectivity index (χ1n) is 13.1. The number of nitrogens with one attached hydrogen (secondary N) is 2. The van der Waals surface area contributed by atoms with Gasteiger partial charge in [0.1, 0.15) is 11.6 Å². The highest BCUT2D eigenvalue weighted by Gasteiger charge is 2.28. The van der Waals surface area contributed by atoms with Crippen LogP contribution in [0.5, 0.6) is 0 Å². The zero-order valence-corrected chi connectivity index (χ0v) is 21.5. The number of anilines is 2. The zero-order chi connectivity index (χ0) is 26.9. The largest absolute Gasteiger partial charge is 0.398 e. The predicted octanol–water partition coefficient (Wildman–Crippen LogP) is 3.58. The van der Waals surface area contributed by atoms with E-state index in [2.05, 4.69) is 10.6 Å². The molecule has 8 nitrogen and oxygen atoms in total. The van der Waals surface area contributed by atoms with Gasteiger partial charge in [0.15, 0.2) is 0 Å². The molecule has 1 saturated heterocycles. The van der Waals surface area contributed by atoms with Gasteiger partial charge in [-0.3, -0.25) is 9.59 Å². The van der Waals surface area contributed by atoms with Gasteiger partial charge in [-0.1, -0.05) is 30.3 Å². The van der Waals surface area contributed by atoms with E-state index in [1.54, 1.807) is 24.3 Å². The van der Waals surface area contributed by atoms with E-state index in [1.165, 1.54) is 12.1 Å². The lowest BCUT2D eigenvalue weighted by atomic mass is 10.1. The van der Waals surface area contributed by atoms with Crippen molar-refractivity contribution in [1.29, 1.82) is 0 Å². The minimum atomic E-state index is -0.287. The second-order valence-corrected chi connectivity index (χ2v) is 9.47. The molecule has 1 fully saturated rings. The van der Waals surface area contributed by atoms with Crippen LogP contribution in [-0.2, 0) is 11.2 Å². The number of nitrogens with zero attached hydrogens (tertiary/aromatic N) is 2. The smallest absolute Gasteiger partial charge is 0.255 e. The Kier molecular flexibility index (Phi) is 9.26. The highest BCUT2D eigenvalue weighted by Crippen LogP contribution is 2.27. The molecular weight excluding hydrogens is 483 g/mol. The fraction of sp³-hybridized carbons (Fsp3) is 0.345. The van der Waals surface area contributed by atoms with Crippen LogP contribution in [0.3, 0.4) is 0 Å². The van der Waals surface area contributed by atoms with Gasteiger partial charge in [-0.25, -0.2) is 9.37 Å². The van der Waals surface area contributed by atoms with E-state index in [9.17, 15) is 14.0 Å². The third-order valence-corrected chi connectivity index (χ3v) is 6.76. The van der Waals surface area contributed by atoms with Crippen molar-refractivity contribution in [2.45, 2.75) is 38.1 Å². The van der Waals surface area contributed by atoms with Crippen LogP contribution in [0, 0.1) is 5.82 Å². The first kappa shape index (κ1) is 27.1. The van der Waals surface area contributed by atoms with Crippen LogP contribution in [-0.4, -0.2) is 53.9 Å². The SMILES string of the molecule is NCCCC(=O)N1CCCC1CNC(=O)c1ccc(-c2ccccc2N)nc1NCCc1cccc(F)c1. The number of benzene rings is 2. The summed E-state index contributed by atoms with van der Waals surface area (Å²) in [4.78, 5) is 32.4. The highest BCUT2D eigenvalue weighted by molar-refractivity contribution is 5.99. The number of pyridine rings is 1. The van der Waals surface area contributed by atoms with Crippen LogP contribution in [0.25, 0.3) is 11.3 Å². The molecule has 2 aromatic carbocycles. The molecule has 0 aliphatic carbocycles. The maximum absolute atomic E-state index is 13.6. The average molecular weight is 519 g/mol. The molecule has 1 aliphatic heterocycles. The van der Waals surface area contributed by atoms with Crippen molar-refractivity contribution >= 4 is 23.3 Å². The molecule has 1 aliphatic rings. The van der Waals surface area contributed by atoms with E-state index in [4.69, 9.17) is 16.5 Å². The molecule has 6 N–H and O–H groups in total. The summed E-state index contributed by atoms with van der Waals surface area (Å²) >= 11 is 0. The van der Waals surface area contributed by atoms with Crippen LogP contribution >= 0.6 is 0 Å². The number of hydrogen-bond acceptors (Lipinski definition) is 6. The first-order valence-corrected chi connectivity index (χ1v) is 13.1. The molecule has 0 saturated carbocycles. The normalized spacial score (nSPS) is 14.9. The summed E-state index contributed by atoms with van der Waals surface area (Å²) in [6.07, 6.45) is 3.39. The molecule has 3 aromatic rings. The van der Waals surface area contributed by atoms with Crippen LogP contribution in [0.2, 0.25) is 0 Å². The van der Waals surface area contributed by atoms with Gasteiger partial charge < -0.3 is 27.0 Å². The Morgan fingerprint density at radius 3 is 2.74 bits per heavy atom.